The zero-order valence-electron chi connectivity index (χ0n) is 12.1. The maximum Gasteiger partial charge on any atom is 0.308 e. The molecule has 0 aliphatic heterocycles. The van der Waals surface area contributed by atoms with Gasteiger partial charge in [0.1, 0.15) is 12.3 Å². The van der Waals surface area contributed by atoms with E-state index in [9.17, 15) is 9.59 Å². The summed E-state index contributed by atoms with van der Waals surface area (Å²) in [5.41, 5.74) is 7.53. The molecule has 7 heteroatoms. The van der Waals surface area contributed by atoms with E-state index in [1.807, 2.05) is 13.8 Å². The number of carbonyl (C=O) groups is 1. The second kappa shape index (κ2) is 6.01. The van der Waals surface area contributed by atoms with E-state index in [4.69, 9.17) is 10.5 Å². The van der Waals surface area contributed by atoms with Gasteiger partial charge < -0.3 is 15.8 Å². The molecule has 0 aliphatic rings. The Balaban J connectivity index is 2.17. The van der Waals surface area contributed by atoms with E-state index in [0.29, 0.717) is 17.1 Å². The van der Waals surface area contributed by atoms with Gasteiger partial charge in [-0.2, -0.15) is 0 Å². The van der Waals surface area contributed by atoms with Gasteiger partial charge >= 0.3 is 4.87 Å². The largest absolute Gasteiger partial charge is 0.497 e. The number of benzene rings is 1. The van der Waals surface area contributed by atoms with Crippen LogP contribution >= 0.6 is 11.3 Å². The van der Waals surface area contributed by atoms with Crippen LogP contribution in [0.3, 0.4) is 0 Å². The highest BCUT2D eigenvalue weighted by molar-refractivity contribution is 7.09. The number of thiazole rings is 1. The van der Waals surface area contributed by atoms with Crippen LogP contribution in [0.25, 0.3) is 0 Å². The number of aryl methyl sites for hydroxylation is 1. The molecule has 1 heterocycles. The lowest BCUT2D eigenvalue weighted by Crippen LogP contribution is -2.25. The number of carbonyl (C=O) groups excluding carboxylic acids is 1. The first-order valence-electron chi connectivity index (χ1n) is 6.32. The number of methoxy groups -OCH3 is 1. The second-order valence-electron chi connectivity index (χ2n) is 4.60. The van der Waals surface area contributed by atoms with Crippen molar-refractivity contribution in [1.29, 1.82) is 0 Å². The van der Waals surface area contributed by atoms with Crippen LogP contribution in [-0.4, -0.2) is 17.6 Å². The van der Waals surface area contributed by atoms with Crippen molar-refractivity contribution in [3.8, 4) is 5.75 Å². The number of hydrogen-bond acceptors (Lipinski definition) is 5. The molecule has 112 valence electrons. The lowest BCUT2D eigenvalue weighted by Gasteiger charge is -2.10. The monoisotopic (exact) mass is 307 g/mol. The fraction of sp³-hybridized carbons (Fsp3) is 0.286. The Morgan fingerprint density at radius 2 is 2.14 bits per heavy atom. The normalized spacial score (nSPS) is 10.4. The highest BCUT2D eigenvalue weighted by Crippen LogP contribution is 2.24. The molecule has 6 nitrogen and oxygen atoms in total. The van der Waals surface area contributed by atoms with Crippen molar-refractivity contribution in [2.45, 2.75) is 20.4 Å². The van der Waals surface area contributed by atoms with Gasteiger partial charge in [-0.15, -0.1) is 0 Å². The summed E-state index contributed by atoms with van der Waals surface area (Å²) in [6, 6.07) is 5.00. The zero-order chi connectivity index (χ0) is 15.6. The van der Waals surface area contributed by atoms with Crippen molar-refractivity contribution in [1.82, 2.24) is 4.57 Å². The smallest absolute Gasteiger partial charge is 0.308 e. The van der Waals surface area contributed by atoms with Gasteiger partial charge in [-0.05, 0) is 26.0 Å². The minimum absolute atomic E-state index is 0.0361. The van der Waals surface area contributed by atoms with Crippen molar-refractivity contribution >= 4 is 28.6 Å². The maximum atomic E-state index is 12.1. The predicted octanol–water partition coefficient (Wildman–Crippen LogP) is 1.76. The summed E-state index contributed by atoms with van der Waals surface area (Å²) < 4.78 is 6.54. The Morgan fingerprint density at radius 1 is 1.43 bits per heavy atom. The van der Waals surface area contributed by atoms with Crippen molar-refractivity contribution in [2.75, 3.05) is 18.2 Å². The zero-order valence-corrected chi connectivity index (χ0v) is 12.9. The Kier molecular flexibility index (Phi) is 4.32. The molecule has 1 aromatic heterocycles. The Morgan fingerprint density at radius 3 is 2.71 bits per heavy atom. The van der Waals surface area contributed by atoms with Crippen molar-refractivity contribution in [2.24, 2.45) is 0 Å². The first-order valence-corrected chi connectivity index (χ1v) is 7.14. The molecule has 0 aliphatic carbocycles. The quantitative estimate of drug-likeness (QED) is 0.843. The summed E-state index contributed by atoms with van der Waals surface area (Å²) in [6.07, 6.45) is 0. The fourth-order valence-electron chi connectivity index (χ4n) is 1.87. The Labute approximate surface area is 126 Å². The molecule has 1 aromatic carbocycles. The summed E-state index contributed by atoms with van der Waals surface area (Å²) >= 11 is 1.14. The van der Waals surface area contributed by atoms with Gasteiger partial charge in [0, 0.05) is 16.6 Å². The molecule has 0 saturated carbocycles. The molecule has 0 bridgehead atoms. The van der Waals surface area contributed by atoms with Crippen molar-refractivity contribution in [3.05, 3.63) is 38.4 Å². The van der Waals surface area contributed by atoms with Crippen LogP contribution in [0, 0.1) is 13.8 Å². The Bertz CT molecular complexity index is 734. The topological polar surface area (TPSA) is 86.3 Å². The number of hydrogen-bond donors (Lipinski definition) is 2. The number of nitrogens with two attached hydrogens (primary N) is 1. The predicted molar refractivity (Wildman–Crippen MR) is 84.1 cm³/mol. The molecular weight excluding hydrogens is 290 g/mol. The highest BCUT2D eigenvalue weighted by Gasteiger charge is 2.12. The van der Waals surface area contributed by atoms with Gasteiger partial charge in [-0.25, -0.2) is 0 Å². The molecule has 0 saturated heterocycles. The molecular formula is C14H17N3O3S. The number of rotatable bonds is 4. The summed E-state index contributed by atoms with van der Waals surface area (Å²) in [6.45, 7) is 3.64. The van der Waals surface area contributed by atoms with Gasteiger partial charge in [0.2, 0.25) is 5.91 Å². The maximum absolute atomic E-state index is 12.1. The first kappa shape index (κ1) is 15.1. The fourth-order valence-corrected chi connectivity index (χ4v) is 2.71. The SMILES string of the molecule is COc1ccc(N)c(NC(=O)Cn2c(C)c(C)sc2=O)c1. The standard InChI is InChI=1S/C14H17N3O3S/c1-8-9(2)21-14(19)17(8)7-13(18)16-12-6-10(20-3)4-5-11(12)15/h4-6H,7,15H2,1-3H3,(H,16,18). The number of nitrogens with zero attached hydrogens (tertiary/aromatic N) is 1. The lowest BCUT2D eigenvalue weighted by atomic mass is 10.2. The molecule has 2 aromatic rings. The highest BCUT2D eigenvalue weighted by atomic mass is 32.1. The number of aromatic nitrogens is 1. The third-order valence-corrected chi connectivity index (χ3v) is 4.21. The molecule has 21 heavy (non-hydrogen) atoms. The van der Waals surface area contributed by atoms with E-state index in [-0.39, 0.29) is 17.3 Å². The molecule has 0 unspecified atom stereocenters. The van der Waals surface area contributed by atoms with Gasteiger partial charge in [0.05, 0.1) is 18.5 Å². The summed E-state index contributed by atoms with van der Waals surface area (Å²) in [5.74, 6) is 0.289. The number of ether oxygens (including phenoxy) is 1. The third kappa shape index (κ3) is 3.25. The molecule has 0 fully saturated rings. The van der Waals surface area contributed by atoms with Gasteiger partial charge in [0.15, 0.2) is 0 Å². The lowest BCUT2D eigenvalue weighted by molar-refractivity contribution is -0.116. The van der Waals surface area contributed by atoms with Crippen LogP contribution in [0.1, 0.15) is 10.6 Å². The van der Waals surface area contributed by atoms with Crippen LogP contribution in [0.5, 0.6) is 5.75 Å². The minimum Gasteiger partial charge on any atom is -0.497 e. The van der Waals surface area contributed by atoms with E-state index in [0.717, 1.165) is 21.9 Å². The molecule has 0 atom stereocenters. The van der Waals surface area contributed by atoms with Gasteiger partial charge in [-0.3, -0.25) is 14.2 Å². The molecule has 2 rings (SSSR count). The number of nitrogen functional groups attached to an aromatic ring is 1. The second-order valence-corrected chi connectivity index (χ2v) is 5.76. The van der Waals surface area contributed by atoms with E-state index >= 15 is 0 Å². The van der Waals surface area contributed by atoms with E-state index in [1.54, 1.807) is 18.2 Å². The molecule has 0 radical (unpaired) electrons. The van der Waals surface area contributed by atoms with Crippen LogP contribution in [0.4, 0.5) is 11.4 Å². The van der Waals surface area contributed by atoms with Crippen LogP contribution in [0.2, 0.25) is 0 Å². The van der Waals surface area contributed by atoms with Crippen LogP contribution in [-0.2, 0) is 11.3 Å². The molecule has 1 amide bonds. The Hall–Kier alpha value is -2.28. The average molecular weight is 307 g/mol. The summed E-state index contributed by atoms with van der Waals surface area (Å²) in [5, 5.41) is 2.70. The average Bonchev–Trinajstić information content (AvgIpc) is 2.68. The number of anilines is 2. The summed E-state index contributed by atoms with van der Waals surface area (Å²) in [7, 11) is 1.54. The van der Waals surface area contributed by atoms with Crippen molar-refractivity contribution < 1.29 is 9.53 Å². The molecule has 3 N–H and O–H groups in total. The van der Waals surface area contributed by atoms with Crippen LogP contribution < -0.4 is 20.7 Å². The van der Waals surface area contributed by atoms with E-state index < -0.39 is 0 Å². The summed E-state index contributed by atoms with van der Waals surface area (Å²) in [4.78, 5) is 24.6. The van der Waals surface area contributed by atoms with Crippen molar-refractivity contribution in [3.63, 3.8) is 0 Å². The van der Waals surface area contributed by atoms with E-state index in [2.05, 4.69) is 5.32 Å². The van der Waals surface area contributed by atoms with Gasteiger partial charge in [0.25, 0.3) is 0 Å². The van der Waals surface area contributed by atoms with Crippen LogP contribution in [0.15, 0.2) is 23.0 Å². The van der Waals surface area contributed by atoms with E-state index in [1.165, 1.54) is 11.7 Å². The molecule has 0 spiro atoms. The first-order chi connectivity index (χ1) is 9.92. The third-order valence-electron chi connectivity index (χ3n) is 3.21. The van der Waals surface area contributed by atoms with Gasteiger partial charge in [-0.1, -0.05) is 11.3 Å². The minimum atomic E-state index is -0.307. The number of nitrogens with one attached hydrogen (secondary N) is 1. The number of amides is 1.